The fourth-order valence-corrected chi connectivity index (χ4v) is 3.12. The van der Waals surface area contributed by atoms with Crippen LogP contribution in [0, 0.1) is 10.1 Å². The molecule has 1 amide bonds. The molecule has 0 radical (unpaired) electrons. The molecule has 2 rings (SSSR count). The number of rotatable bonds is 6. The molecule has 0 fully saturated rings. The summed E-state index contributed by atoms with van der Waals surface area (Å²) in [6, 6.07) is 11.3. The van der Waals surface area contributed by atoms with Gasteiger partial charge in [0.15, 0.2) is 9.84 Å². The Bertz CT molecular complexity index is 865. The Hall–Kier alpha value is -2.94. The molecular weight excluding hydrogens is 336 g/mol. The Labute approximate surface area is 138 Å². The van der Waals surface area contributed by atoms with Crippen molar-refractivity contribution < 1.29 is 22.9 Å². The molecule has 0 saturated heterocycles. The Kier molecular flexibility index (Phi) is 5.14. The topological polar surface area (TPSA) is 116 Å². The van der Waals surface area contributed by atoms with Gasteiger partial charge in [-0.2, -0.15) is 0 Å². The van der Waals surface area contributed by atoms with Gasteiger partial charge in [0.2, 0.25) is 5.91 Å². The summed E-state index contributed by atoms with van der Waals surface area (Å²) in [5.74, 6) is -1.44. The molecule has 0 saturated carbocycles. The second-order valence-electron chi connectivity index (χ2n) is 4.76. The van der Waals surface area contributed by atoms with E-state index in [1.165, 1.54) is 31.4 Å². The van der Waals surface area contributed by atoms with E-state index < -0.39 is 26.4 Å². The van der Waals surface area contributed by atoms with Gasteiger partial charge < -0.3 is 10.1 Å². The van der Waals surface area contributed by atoms with Gasteiger partial charge in [0, 0.05) is 0 Å². The van der Waals surface area contributed by atoms with E-state index in [1.54, 1.807) is 18.2 Å². The number of nitrogens with zero attached hydrogens (tertiary/aromatic N) is 1. The van der Waals surface area contributed by atoms with Crippen LogP contribution in [0.15, 0.2) is 53.4 Å². The van der Waals surface area contributed by atoms with Gasteiger partial charge in [-0.25, -0.2) is 8.42 Å². The van der Waals surface area contributed by atoms with Crippen molar-refractivity contribution in [1.29, 1.82) is 0 Å². The number of nitrogens with one attached hydrogen (secondary N) is 1. The quantitative estimate of drug-likeness (QED) is 0.629. The molecule has 0 aliphatic rings. The van der Waals surface area contributed by atoms with Crippen molar-refractivity contribution in [2.75, 3.05) is 18.2 Å². The fourth-order valence-electron chi connectivity index (χ4n) is 1.97. The van der Waals surface area contributed by atoms with Crippen LogP contribution in [-0.2, 0) is 14.6 Å². The van der Waals surface area contributed by atoms with Crippen LogP contribution in [0.3, 0.4) is 0 Å². The van der Waals surface area contributed by atoms with Crippen molar-refractivity contribution in [1.82, 2.24) is 0 Å². The average Bonchev–Trinajstić information content (AvgIpc) is 2.55. The van der Waals surface area contributed by atoms with Crippen LogP contribution < -0.4 is 10.1 Å². The molecule has 24 heavy (non-hydrogen) atoms. The van der Waals surface area contributed by atoms with Crippen LogP contribution >= 0.6 is 0 Å². The lowest BCUT2D eigenvalue weighted by atomic mass is 10.2. The molecule has 0 aliphatic heterocycles. The fraction of sp³-hybridized carbons (Fsp3) is 0.133. The van der Waals surface area contributed by atoms with Gasteiger partial charge in [-0.3, -0.25) is 14.9 Å². The highest BCUT2D eigenvalue weighted by atomic mass is 32.2. The zero-order chi connectivity index (χ0) is 17.7. The summed E-state index contributed by atoms with van der Waals surface area (Å²) < 4.78 is 29.2. The number of carbonyl (C=O) groups excluding carboxylic acids is 1. The summed E-state index contributed by atoms with van der Waals surface area (Å²) in [5, 5.41) is 13.3. The molecule has 1 N–H and O–H groups in total. The average molecular weight is 350 g/mol. The minimum absolute atomic E-state index is 0.00406. The minimum atomic E-state index is -3.83. The maximum absolute atomic E-state index is 12.1. The number of ether oxygens (including phenoxy) is 1. The molecule has 0 unspecified atom stereocenters. The van der Waals surface area contributed by atoms with Crippen molar-refractivity contribution in [2.45, 2.75) is 4.90 Å². The predicted octanol–water partition coefficient (Wildman–Crippen LogP) is 2.02. The van der Waals surface area contributed by atoms with E-state index in [1.807, 2.05) is 0 Å². The number of carbonyl (C=O) groups is 1. The molecule has 2 aromatic carbocycles. The van der Waals surface area contributed by atoms with Gasteiger partial charge in [-0.1, -0.05) is 18.2 Å². The van der Waals surface area contributed by atoms with E-state index >= 15 is 0 Å². The summed E-state index contributed by atoms with van der Waals surface area (Å²) >= 11 is 0. The molecule has 2 aromatic rings. The molecule has 0 aromatic heterocycles. The van der Waals surface area contributed by atoms with Crippen molar-refractivity contribution in [3.8, 4) is 5.75 Å². The maximum atomic E-state index is 12.1. The van der Waals surface area contributed by atoms with E-state index in [9.17, 15) is 23.3 Å². The highest BCUT2D eigenvalue weighted by Crippen LogP contribution is 2.29. The van der Waals surface area contributed by atoms with Crippen molar-refractivity contribution in [2.24, 2.45) is 0 Å². The lowest BCUT2D eigenvalue weighted by molar-refractivity contribution is -0.384. The van der Waals surface area contributed by atoms with Crippen LogP contribution in [-0.4, -0.2) is 32.1 Å². The third-order valence-corrected chi connectivity index (χ3v) is 4.73. The van der Waals surface area contributed by atoms with Crippen LogP contribution in [0.4, 0.5) is 11.4 Å². The summed E-state index contributed by atoms with van der Waals surface area (Å²) in [6.07, 6.45) is 0. The molecule has 0 heterocycles. The molecule has 0 aliphatic carbocycles. The monoisotopic (exact) mass is 350 g/mol. The molecule has 126 valence electrons. The zero-order valence-corrected chi connectivity index (χ0v) is 13.4. The van der Waals surface area contributed by atoms with Crippen LogP contribution in [0.1, 0.15) is 0 Å². The lowest BCUT2D eigenvalue weighted by Crippen LogP contribution is -2.23. The summed E-state index contributed by atoms with van der Waals surface area (Å²) in [7, 11) is -2.48. The second-order valence-corrected chi connectivity index (χ2v) is 6.75. The Morgan fingerprint density at radius 1 is 1.21 bits per heavy atom. The number of anilines is 1. The van der Waals surface area contributed by atoms with Gasteiger partial charge in [-0.15, -0.1) is 0 Å². The number of hydrogen-bond acceptors (Lipinski definition) is 6. The van der Waals surface area contributed by atoms with E-state index in [-0.39, 0.29) is 22.0 Å². The Morgan fingerprint density at radius 2 is 1.88 bits per heavy atom. The number of hydrogen-bond donors (Lipinski definition) is 1. The van der Waals surface area contributed by atoms with Gasteiger partial charge >= 0.3 is 0 Å². The van der Waals surface area contributed by atoms with Gasteiger partial charge in [0.1, 0.15) is 17.2 Å². The number of benzene rings is 2. The largest absolute Gasteiger partial charge is 0.496 e. The molecule has 8 nitrogen and oxygen atoms in total. The number of methoxy groups -OCH3 is 1. The first-order valence-corrected chi connectivity index (χ1v) is 8.39. The highest BCUT2D eigenvalue weighted by Gasteiger charge is 2.22. The third-order valence-electron chi connectivity index (χ3n) is 3.10. The third kappa shape index (κ3) is 4.07. The first-order valence-electron chi connectivity index (χ1n) is 6.73. The van der Waals surface area contributed by atoms with Crippen molar-refractivity contribution in [3.63, 3.8) is 0 Å². The summed E-state index contributed by atoms with van der Waals surface area (Å²) in [6.45, 7) is 0. The zero-order valence-electron chi connectivity index (χ0n) is 12.6. The molecule has 0 spiro atoms. The number of amides is 1. The van der Waals surface area contributed by atoms with Crippen molar-refractivity contribution >= 4 is 27.1 Å². The maximum Gasteiger partial charge on any atom is 0.296 e. The smallest absolute Gasteiger partial charge is 0.296 e. The minimum Gasteiger partial charge on any atom is -0.496 e. The van der Waals surface area contributed by atoms with Crippen LogP contribution in [0.25, 0.3) is 0 Å². The lowest BCUT2D eigenvalue weighted by Gasteiger charge is -2.08. The standard InChI is InChI=1S/C15H14N2O6S/c1-23-11-7-8-13(14(9-11)17(19)20)16-15(18)10-24(21,22)12-5-3-2-4-6-12/h2-9H,10H2,1H3,(H,16,18). The predicted molar refractivity (Wildman–Crippen MR) is 86.8 cm³/mol. The van der Waals surface area contributed by atoms with Crippen LogP contribution in [0.2, 0.25) is 0 Å². The van der Waals surface area contributed by atoms with Gasteiger partial charge in [0.25, 0.3) is 5.69 Å². The molecule has 0 bridgehead atoms. The van der Waals surface area contributed by atoms with Crippen molar-refractivity contribution in [3.05, 3.63) is 58.6 Å². The first kappa shape index (κ1) is 17.4. The van der Waals surface area contributed by atoms with E-state index in [0.29, 0.717) is 0 Å². The number of nitro benzene ring substituents is 1. The first-order chi connectivity index (χ1) is 11.3. The van der Waals surface area contributed by atoms with E-state index in [2.05, 4.69) is 5.32 Å². The highest BCUT2D eigenvalue weighted by molar-refractivity contribution is 7.92. The Balaban J connectivity index is 2.20. The molecular formula is C15H14N2O6S. The van der Waals surface area contributed by atoms with Gasteiger partial charge in [-0.05, 0) is 24.3 Å². The number of nitro groups is 1. The van der Waals surface area contributed by atoms with E-state index in [0.717, 1.165) is 6.07 Å². The molecule has 9 heteroatoms. The number of sulfone groups is 1. The molecule has 0 atom stereocenters. The van der Waals surface area contributed by atoms with E-state index in [4.69, 9.17) is 4.74 Å². The summed E-state index contributed by atoms with van der Waals surface area (Å²) in [5.41, 5.74) is -0.492. The Morgan fingerprint density at radius 3 is 2.46 bits per heavy atom. The summed E-state index contributed by atoms with van der Waals surface area (Å²) in [4.78, 5) is 22.4. The SMILES string of the molecule is COc1ccc(NC(=O)CS(=O)(=O)c2ccccc2)c([N+](=O)[O-])c1. The van der Waals surface area contributed by atoms with Gasteiger partial charge in [0.05, 0.1) is 23.0 Å². The second kappa shape index (κ2) is 7.09. The normalized spacial score (nSPS) is 10.9. The van der Waals surface area contributed by atoms with Crippen LogP contribution in [0.5, 0.6) is 5.75 Å².